The molecule has 2 aromatic carbocycles. The molecular weight excluding hydrogens is 290 g/mol. The van der Waals surface area contributed by atoms with Gasteiger partial charge in [-0.2, -0.15) is 0 Å². The summed E-state index contributed by atoms with van der Waals surface area (Å²) in [5.41, 5.74) is 1.92. The smallest absolute Gasteiger partial charge is 0.237 e. The Hall–Kier alpha value is -1.45. The van der Waals surface area contributed by atoms with E-state index >= 15 is 0 Å². The van der Waals surface area contributed by atoms with Crippen LogP contribution < -0.4 is 5.32 Å². The van der Waals surface area contributed by atoms with Crippen molar-refractivity contribution in [2.75, 3.05) is 5.32 Å². The van der Waals surface area contributed by atoms with Crippen molar-refractivity contribution in [2.24, 2.45) is 0 Å². The maximum absolute atomic E-state index is 12.2. The van der Waals surface area contributed by atoms with Crippen LogP contribution in [0.15, 0.2) is 53.4 Å². The van der Waals surface area contributed by atoms with Gasteiger partial charge < -0.3 is 5.32 Å². The summed E-state index contributed by atoms with van der Waals surface area (Å²) < 4.78 is 0. The van der Waals surface area contributed by atoms with E-state index in [1.165, 1.54) is 11.8 Å². The minimum absolute atomic E-state index is 0.000694. The van der Waals surface area contributed by atoms with E-state index in [4.69, 9.17) is 11.6 Å². The van der Waals surface area contributed by atoms with Gasteiger partial charge in [-0.05, 0) is 49.7 Å². The number of hydrogen-bond acceptors (Lipinski definition) is 2. The van der Waals surface area contributed by atoms with Gasteiger partial charge in [0.1, 0.15) is 0 Å². The molecule has 20 heavy (non-hydrogen) atoms. The molecule has 2 nitrogen and oxygen atoms in total. The second-order valence-corrected chi connectivity index (χ2v) is 6.37. The molecule has 1 atom stereocenters. The number of thioether (sulfide) groups is 1. The monoisotopic (exact) mass is 305 g/mol. The lowest BCUT2D eigenvalue weighted by atomic mass is 10.2. The predicted molar refractivity (Wildman–Crippen MR) is 86.6 cm³/mol. The number of halogens is 1. The third-order valence-electron chi connectivity index (χ3n) is 2.90. The zero-order valence-electron chi connectivity index (χ0n) is 11.4. The van der Waals surface area contributed by atoms with Gasteiger partial charge in [-0.3, -0.25) is 4.79 Å². The maximum atomic E-state index is 12.2. The fourth-order valence-corrected chi connectivity index (χ4v) is 2.71. The van der Waals surface area contributed by atoms with E-state index in [2.05, 4.69) is 5.32 Å². The fourth-order valence-electron chi connectivity index (χ4n) is 1.72. The zero-order chi connectivity index (χ0) is 14.5. The summed E-state index contributed by atoms with van der Waals surface area (Å²) >= 11 is 7.36. The summed E-state index contributed by atoms with van der Waals surface area (Å²) in [6.45, 7) is 3.87. The first kappa shape index (κ1) is 14.9. The Bertz CT molecular complexity index is 598. The highest BCUT2D eigenvalue weighted by Crippen LogP contribution is 2.25. The minimum Gasteiger partial charge on any atom is -0.325 e. The van der Waals surface area contributed by atoms with Crippen molar-refractivity contribution in [3.63, 3.8) is 0 Å². The molecule has 0 heterocycles. The van der Waals surface area contributed by atoms with Crippen molar-refractivity contribution in [3.05, 3.63) is 59.1 Å². The SMILES string of the molecule is Cc1ccccc1NC(=O)C(C)Sc1ccc(Cl)cc1. The molecule has 0 spiro atoms. The van der Waals surface area contributed by atoms with E-state index in [0.29, 0.717) is 5.02 Å². The van der Waals surface area contributed by atoms with Crippen LogP contribution in [-0.4, -0.2) is 11.2 Å². The number of hydrogen-bond donors (Lipinski definition) is 1. The summed E-state index contributed by atoms with van der Waals surface area (Å²) in [6.07, 6.45) is 0. The molecule has 0 saturated carbocycles. The number of anilines is 1. The second kappa shape index (κ2) is 6.82. The molecule has 0 aromatic heterocycles. The molecule has 0 aliphatic rings. The Kier molecular flexibility index (Phi) is 5.10. The van der Waals surface area contributed by atoms with Crippen molar-refractivity contribution in [1.82, 2.24) is 0 Å². The van der Waals surface area contributed by atoms with E-state index in [1.807, 2.05) is 62.4 Å². The Labute approximate surface area is 128 Å². The van der Waals surface area contributed by atoms with Crippen LogP contribution in [0.25, 0.3) is 0 Å². The average molecular weight is 306 g/mol. The van der Waals surface area contributed by atoms with Crippen molar-refractivity contribution >= 4 is 35.0 Å². The highest BCUT2D eigenvalue weighted by molar-refractivity contribution is 8.00. The van der Waals surface area contributed by atoms with E-state index < -0.39 is 0 Å². The molecule has 2 rings (SSSR count). The molecule has 2 aromatic rings. The maximum Gasteiger partial charge on any atom is 0.237 e. The molecule has 0 fully saturated rings. The van der Waals surface area contributed by atoms with E-state index in [9.17, 15) is 4.79 Å². The third-order valence-corrected chi connectivity index (χ3v) is 4.26. The Balaban J connectivity index is 1.99. The first-order chi connectivity index (χ1) is 9.56. The van der Waals surface area contributed by atoms with Crippen LogP contribution in [0.3, 0.4) is 0 Å². The number of para-hydroxylation sites is 1. The van der Waals surface area contributed by atoms with Gasteiger partial charge >= 0.3 is 0 Å². The van der Waals surface area contributed by atoms with E-state index in [1.54, 1.807) is 0 Å². The standard InChI is InChI=1S/C16H16ClNOS/c1-11-5-3-4-6-15(11)18-16(19)12(2)20-14-9-7-13(17)8-10-14/h3-10,12H,1-2H3,(H,18,19). The lowest BCUT2D eigenvalue weighted by molar-refractivity contribution is -0.115. The van der Waals surface area contributed by atoms with Gasteiger partial charge in [0.25, 0.3) is 0 Å². The molecule has 0 bridgehead atoms. The minimum atomic E-state index is -0.171. The summed E-state index contributed by atoms with van der Waals surface area (Å²) in [7, 11) is 0. The van der Waals surface area contributed by atoms with Gasteiger partial charge in [0.15, 0.2) is 0 Å². The van der Waals surface area contributed by atoms with E-state index in [-0.39, 0.29) is 11.2 Å². The lowest BCUT2D eigenvalue weighted by Gasteiger charge is -2.13. The molecule has 0 aliphatic heterocycles. The summed E-state index contributed by atoms with van der Waals surface area (Å²) in [5.74, 6) is -0.000694. The average Bonchev–Trinajstić information content (AvgIpc) is 2.44. The molecule has 104 valence electrons. The Morgan fingerprint density at radius 1 is 1.15 bits per heavy atom. The fraction of sp³-hybridized carbons (Fsp3) is 0.188. The number of aryl methyl sites for hydroxylation is 1. The van der Waals surface area contributed by atoms with Gasteiger partial charge in [-0.1, -0.05) is 29.8 Å². The molecule has 0 radical (unpaired) electrons. The highest BCUT2D eigenvalue weighted by atomic mass is 35.5. The zero-order valence-corrected chi connectivity index (χ0v) is 13.0. The van der Waals surface area contributed by atoms with Gasteiger partial charge in [-0.15, -0.1) is 11.8 Å². The van der Waals surface area contributed by atoms with Crippen LogP contribution in [0, 0.1) is 6.92 Å². The second-order valence-electron chi connectivity index (χ2n) is 4.52. The van der Waals surface area contributed by atoms with Crippen molar-refractivity contribution in [2.45, 2.75) is 24.0 Å². The Morgan fingerprint density at radius 3 is 2.45 bits per heavy atom. The van der Waals surface area contributed by atoms with Gasteiger partial charge in [0.2, 0.25) is 5.91 Å². The molecular formula is C16H16ClNOS. The van der Waals surface area contributed by atoms with Crippen LogP contribution in [-0.2, 0) is 4.79 Å². The number of benzene rings is 2. The van der Waals surface area contributed by atoms with Crippen molar-refractivity contribution in [1.29, 1.82) is 0 Å². The van der Waals surface area contributed by atoms with Crippen LogP contribution in [0.2, 0.25) is 5.02 Å². The quantitative estimate of drug-likeness (QED) is 0.825. The Morgan fingerprint density at radius 2 is 1.80 bits per heavy atom. The van der Waals surface area contributed by atoms with Crippen LogP contribution in [0.4, 0.5) is 5.69 Å². The molecule has 0 saturated heterocycles. The molecule has 1 N–H and O–H groups in total. The van der Waals surface area contributed by atoms with Gasteiger partial charge in [0, 0.05) is 15.6 Å². The number of carbonyl (C=O) groups excluding carboxylic acids is 1. The summed E-state index contributed by atoms with van der Waals surface area (Å²) in [4.78, 5) is 13.2. The van der Waals surface area contributed by atoms with Crippen molar-refractivity contribution < 1.29 is 4.79 Å². The molecule has 1 unspecified atom stereocenters. The van der Waals surface area contributed by atoms with Crippen LogP contribution in [0.5, 0.6) is 0 Å². The highest BCUT2D eigenvalue weighted by Gasteiger charge is 2.15. The topological polar surface area (TPSA) is 29.1 Å². The number of amides is 1. The molecule has 4 heteroatoms. The van der Waals surface area contributed by atoms with Gasteiger partial charge in [0.05, 0.1) is 5.25 Å². The largest absolute Gasteiger partial charge is 0.325 e. The normalized spacial score (nSPS) is 11.9. The summed E-state index contributed by atoms with van der Waals surface area (Å²) in [6, 6.07) is 15.3. The van der Waals surface area contributed by atoms with Gasteiger partial charge in [-0.25, -0.2) is 0 Å². The number of carbonyl (C=O) groups is 1. The van der Waals surface area contributed by atoms with E-state index in [0.717, 1.165) is 16.1 Å². The number of rotatable bonds is 4. The first-order valence-electron chi connectivity index (χ1n) is 6.35. The van der Waals surface area contributed by atoms with Crippen molar-refractivity contribution in [3.8, 4) is 0 Å². The first-order valence-corrected chi connectivity index (χ1v) is 7.61. The number of nitrogens with one attached hydrogen (secondary N) is 1. The lowest BCUT2D eigenvalue weighted by Crippen LogP contribution is -2.22. The van der Waals surface area contributed by atoms with Crippen LogP contribution in [0.1, 0.15) is 12.5 Å². The third kappa shape index (κ3) is 4.02. The summed E-state index contributed by atoms with van der Waals surface area (Å²) in [5, 5.41) is 3.49. The van der Waals surface area contributed by atoms with Crippen LogP contribution >= 0.6 is 23.4 Å². The predicted octanol–water partition coefficient (Wildman–Crippen LogP) is 4.77. The molecule has 0 aliphatic carbocycles. The molecule has 1 amide bonds.